The van der Waals surface area contributed by atoms with Gasteiger partial charge in [0.2, 0.25) is 0 Å². The Labute approximate surface area is 103 Å². The van der Waals surface area contributed by atoms with Crippen LogP contribution in [0, 0.1) is 0 Å². The molecule has 0 aliphatic rings. The molecule has 0 saturated heterocycles. The molecule has 0 aliphatic carbocycles. The zero-order chi connectivity index (χ0) is 12.9. The Morgan fingerprint density at radius 3 is 2.47 bits per heavy atom. The average Bonchev–Trinajstić information content (AvgIpc) is 2.25. The first kappa shape index (κ1) is 13.6. The van der Waals surface area contributed by atoms with Crippen LogP contribution >= 0.6 is 0 Å². The summed E-state index contributed by atoms with van der Waals surface area (Å²) in [6.07, 6.45) is 0. The summed E-state index contributed by atoms with van der Waals surface area (Å²) in [5.74, 6) is 1.35. The number of rotatable bonds is 5. The fourth-order valence-electron chi connectivity index (χ4n) is 1.29. The normalized spacial score (nSPS) is 11.3. The van der Waals surface area contributed by atoms with Gasteiger partial charge >= 0.3 is 0 Å². The van der Waals surface area contributed by atoms with Crippen LogP contribution in [-0.4, -0.2) is 25.9 Å². The van der Waals surface area contributed by atoms with Crippen LogP contribution in [0.4, 0.5) is 5.69 Å². The molecule has 96 valence electrons. The summed E-state index contributed by atoms with van der Waals surface area (Å²) in [6, 6.07) is 5.35. The Morgan fingerprint density at radius 2 is 1.88 bits per heavy atom. The third-order valence-corrected chi connectivity index (χ3v) is 2.09. The van der Waals surface area contributed by atoms with E-state index in [1.807, 2.05) is 26.8 Å². The van der Waals surface area contributed by atoms with E-state index < -0.39 is 0 Å². The second kappa shape index (κ2) is 5.77. The minimum atomic E-state index is -0.137. The summed E-state index contributed by atoms with van der Waals surface area (Å²) in [6.45, 7) is 7.10. The van der Waals surface area contributed by atoms with Crippen LogP contribution in [0.15, 0.2) is 18.2 Å². The molecule has 2 N–H and O–H groups in total. The first-order valence-electron chi connectivity index (χ1n) is 5.62. The van der Waals surface area contributed by atoms with Gasteiger partial charge in [-0.1, -0.05) is 0 Å². The van der Waals surface area contributed by atoms with E-state index in [1.54, 1.807) is 19.2 Å². The Kier molecular flexibility index (Phi) is 4.63. The molecule has 0 heterocycles. The van der Waals surface area contributed by atoms with Crippen molar-refractivity contribution in [2.45, 2.75) is 26.4 Å². The van der Waals surface area contributed by atoms with Crippen LogP contribution in [0.2, 0.25) is 0 Å². The molecule has 4 heteroatoms. The van der Waals surface area contributed by atoms with E-state index in [2.05, 4.69) is 0 Å². The van der Waals surface area contributed by atoms with E-state index in [0.717, 1.165) is 5.75 Å². The van der Waals surface area contributed by atoms with Crippen molar-refractivity contribution < 1.29 is 14.2 Å². The van der Waals surface area contributed by atoms with Crippen molar-refractivity contribution in [3.05, 3.63) is 18.2 Å². The Balaban J connectivity index is 2.42. The molecule has 1 aromatic carbocycles. The van der Waals surface area contributed by atoms with Gasteiger partial charge < -0.3 is 19.9 Å². The van der Waals surface area contributed by atoms with Crippen LogP contribution in [0.3, 0.4) is 0 Å². The van der Waals surface area contributed by atoms with Crippen molar-refractivity contribution in [1.82, 2.24) is 0 Å². The highest BCUT2D eigenvalue weighted by Crippen LogP contribution is 2.26. The lowest BCUT2D eigenvalue weighted by Gasteiger charge is -2.19. The SMILES string of the molecule is COc1cc(OCCOC(C)(C)C)ccc1N. The second-order valence-corrected chi connectivity index (χ2v) is 4.71. The standard InChI is InChI=1S/C13H21NO3/c1-13(2,3)17-8-7-16-10-5-6-11(14)12(9-10)15-4/h5-6,9H,7-8,14H2,1-4H3. The van der Waals surface area contributed by atoms with Gasteiger partial charge in [-0.15, -0.1) is 0 Å². The van der Waals surface area contributed by atoms with E-state index in [0.29, 0.717) is 24.7 Å². The molecule has 0 fully saturated rings. The number of nitrogens with two attached hydrogens (primary N) is 1. The monoisotopic (exact) mass is 239 g/mol. The highest BCUT2D eigenvalue weighted by Gasteiger charge is 2.09. The summed E-state index contributed by atoms with van der Waals surface area (Å²) in [5, 5.41) is 0. The lowest BCUT2D eigenvalue weighted by Crippen LogP contribution is -2.22. The Hall–Kier alpha value is -1.42. The summed E-state index contributed by atoms with van der Waals surface area (Å²) in [5.41, 5.74) is 6.17. The fourth-order valence-corrected chi connectivity index (χ4v) is 1.29. The topological polar surface area (TPSA) is 53.7 Å². The van der Waals surface area contributed by atoms with Crippen molar-refractivity contribution in [2.75, 3.05) is 26.1 Å². The van der Waals surface area contributed by atoms with Gasteiger partial charge in [0.25, 0.3) is 0 Å². The van der Waals surface area contributed by atoms with Gasteiger partial charge in [-0.2, -0.15) is 0 Å². The molecule has 0 saturated carbocycles. The molecule has 0 spiro atoms. The zero-order valence-corrected chi connectivity index (χ0v) is 10.9. The highest BCUT2D eigenvalue weighted by atomic mass is 16.5. The number of nitrogen functional groups attached to an aromatic ring is 1. The van der Waals surface area contributed by atoms with Gasteiger partial charge in [-0.25, -0.2) is 0 Å². The minimum Gasteiger partial charge on any atom is -0.494 e. The van der Waals surface area contributed by atoms with Crippen molar-refractivity contribution in [3.8, 4) is 11.5 Å². The number of hydrogen-bond donors (Lipinski definition) is 1. The molecule has 1 aromatic rings. The van der Waals surface area contributed by atoms with E-state index in [4.69, 9.17) is 19.9 Å². The number of anilines is 1. The van der Waals surface area contributed by atoms with Crippen molar-refractivity contribution in [2.24, 2.45) is 0 Å². The molecule has 0 aliphatic heterocycles. The molecule has 0 amide bonds. The van der Waals surface area contributed by atoms with Gasteiger partial charge in [0, 0.05) is 6.07 Å². The maximum Gasteiger partial charge on any atom is 0.145 e. The second-order valence-electron chi connectivity index (χ2n) is 4.71. The molecule has 0 aromatic heterocycles. The molecule has 17 heavy (non-hydrogen) atoms. The zero-order valence-electron chi connectivity index (χ0n) is 10.9. The van der Waals surface area contributed by atoms with Gasteiger partial charge in [-0.05, 0) is 32.9 Å². The predicted molar refractivity (Wildman–Crippen MR) is 68.6 cm³/mol. The molecular formula is C13H21NO3. The molecule has 1 rings (SSSR count). The van der Waals surface area contributed by atoms with Crippen LogP contribution in [0.1, 0.15) is 20.8 Å². The average molecular weight is 239 g/mol. The van der Waals surface area contributed by atoms with Crippen LogP contribution < -0.4 is 15.2 Å². The fraction of sp³-hybridized carbons (Fsp3) is 0.538. The Bertz CT molecular complexity index is 358. The van der Waals surface area contributed by atoms with E-state index >= 15 is 0 Å². The molecule has 0 atom stereocenters. The lowest BCUT2D eigenvalue weighted by atomic mass is 10.2. The summed E-state index contributed by atoms with van der Waals surface area (Å²) in [7, 11) is 1.58. The Morgan fingerprint density at radius 1 is 1.18 bits per heavy atom. The maximum atomic E-state index is 5.71. The van der Waals surface area contributed by atoms with Crippen molar-refractivity contribution in [1.29, 1.82) is 0 Å². The molecule has 0 radical (unpaired) electrons. The minimum absolute atomic E-state index is 0.137. The summed E-state index contributed by atoms with van der Waals surface area (Å²) >= 11 is 0. The third kappa shape index (κ3) is 4.95. The quantitative estimate of drug-likeness (QED) is 0.633. The number of ether oxygens (including phenoxy) is 3. The smallest absolute Gasteiger partial charge is 0.145 e. The van der Waals surface area contributed by atoms with E-state index in [9.17, 15) is 0 Å². The lowest BCUT2D eigenvalue weighted by molar-refractivity contribution is -0.0163. The van der Waals surface area contributed by atoms with Gasteiger partial charge in [-0.3, -0.25) is 0 Å². The van der Waals surface area contributed by atoms with Crippen LogP contribution in [-0.2, 0) is 4.74 Å². The van der Waals surface area contributed by atoms with Gasteiger partial charge in [0.15, 0.2) is 0 Å². The number of hydrogen-bond acceptors (Lipinski definition) is 4. The van der Waals surface area contributed by atoms with Crippen LogP contribution in [0.5, 0.6) is 11.5 Å². The van der Waals surface area contributed by atoms with Crippen LogP contribution in [0.25, 0.3) is 0 Å². The highest BCUT2D eigenvalue weighted by molar-refractivity contribution is 5.55. The van der Waals surface area contributed by atoms with Crippen molar-refractivity contribution >= 4 is 5.69 Å². The molecule has 0 unspecified atom stereocenters. The molecule has 4 nitrogen and oxygen atoms in total. The third-order valence-electron chi connectivity index (χ3n) is 2.09. The van der Waals surface area contributed by atoms with Crippen molar-refractivity contribution in [3.63, 3.8) is 0 Å². The first-order valence-corrected chi connectivity index (χ1v) is 5.62. The summed E-state index contributed by atoms with van der Waals surface area (Å²) in [4.78, 5) is 0. The maximum absolute atomic E-state index is 5.71. The first-order chi connectivity index (χ1) is 7.92. The number of benzene rings is 1. The van der Waals surface area contributed by atoms with Gasteiger partial charge in [0.05, 0.1) is 25.0 Å². The largest absolute Gasteiger partial charge is 0.494 e. The summed E-state index contributed by atoms with van der Waals surface area (Å²) < 4.78 is 16.2. The number of methoxy groups -OCH3 is 1. The van der Waals surface area contributed by atoms with Gasteiger partial charge in [0.1, 0.15) is 18.1 Å². The van der Waals surface area contributed by atoms with E-state index in [-0.39, 0.29) is 5.60 Å². The predicted octanol–water partition coefficient (Wildman–Crippen LogP) is 2.47. The van der Waals surface area contributed by atoms with E-state index in [1.165, 1.54) is 0 Å². The molecular weight excluding hydrogens is 218 g/mol. The molecule has 0 bridgehead atoms.